The Labute approximate surface area is 107 Å². The molecule has 1 aromatic carbocycles. The number of nitro groups is 1. The summed E-state index contributed by atoms with van der Waals surface area (Å²) in [5.41, 5.74) is -1.71. The molecule has 0 radical (unpaired) electrons. The average molecular weight is 270 g/mol. The van der Waals surface area contributed by atoms with E-state index in [1.807, 2.05) is 0 Å². The third kappa shape index (κ3) is 1.94. The van der Waals surface area contributed by atoms with E-state index in [0.717, 1.165) is 18.9 Å². The maximum Gasteiger partial charge on any atom is 0.328 e. The zero-order chi connectivity index (χ0) is 13.8. The molecule has 1 heterocycles. The number of β-amino-alcohol motifs (C(OH)–C–C–N with tert-alkyl or cyclic N) is 1. The molecule has 102 valence electrons. The van der Waals surface area contributed by atoms with Crippen molar-refractivity contribution in [2.45, 2.75) is 18.4 Å². The van der Waals surface area contributed by atoms with Crippen molar-refractivity contribution in [3.63, 3.8) is 0 Å². The van der Waals surface area contributed by atoms with Crippen molar-refractivity contribution in [2.75, 3.05) is 18.0 Å². The minimum Gasteiger partial charge on any atom is -0.386 e. The molecule has 0 amide bonds. The van der Waals surface area contributed by atoms with E-state index in [0.29, 0.717) is 6.07 Å². The van der Waals surface area contributed by atoms with Gasteiger partial charge in [-0.25, -0.2) is 4.39 Å². The second kappa shape index (κ2) is 3.86. The van der Waals surface area contributed by atoms with Gasteiger partial charge in [-0.2, -0.15) is 4.39 Å². The van der Waals surface area contributed by atoms with E-state index < -0.39 is 27.8 Å². The van der Waals surface area contributed by atoms with Crippen LogP contribution in [0.3, 0.4) is 0 Å². The number of aliphatic hydroxyl groups is 1. The molecule has 1 saturated heterocycles. The predicted octanol–water partition coefficient (Wildman–Crippen LogP) is 1.83. The molecular formula is C12H12F2N2O3. The van der Waals surface area contributed by atoms with Crippen LogP contribution in [0.25, 0.3) is 0 Å². The SMILES string of the molecule is O=[N+]([O-])c1c(F)cc(F)cc1N1CC(O)(C2CC2)C1. The Kier molecular flexibility index (Phi) is 2.50. The van der Waals surface area contributed by atoms with E-state index in [9.17, 15) is 24.0 Å². The summed E-state index contributed by atoms with van der Waals surface area (Å²) in [6, 6.07) is 1.43. The highest BCUT2D eigenvalue weighted by atomic mass is 19.1. The number of hydrogen-bond donors (Lipinski definition) is 1. The molecule has 0 bridgehead atoms. The van der Waals surface area contributed by atoms with Crippen LogP contribution in [0.15, 0.2) is 12.1 Å². The van der Waals surface area contributed by atoms with Crippen molar-refractivity contribution < 1.29 is 18.8 Å². The largest absolute Gasteiger partial charge is 0.386 e. The van der Waals surface area contributed by atoms with Crippen LogP contribution in [-0.4, -0.2) is 28.7 Å². The minimum atomic E-state index is -1.19. The predicted molar refractivity (Wildman–Crippen MR) is 62.9 cm³/mol. The van der Waals surface area contributed by atoms with Gasteiger partial charge >= 0.3 is 5.69 Å². The Hall–Kier alpha value is -1.76. The van der Waals surface area contributed by atoms with Gasteiger partial charge in [0.25, 0.3) is 0 Å². The number of nitro benzene ring substituents is 1. The summed E-state index contributed by atoms with van der Waals surface area (Å²) in [4.78, 5) is 11.4. The fourth-order valence-electron chi connectivity index (χ4n) is 2.64. The van der Waals surface area contributed by atoms with Crippen LogP contribution in [0, 0.1) is 27.7 Å². The summed E-state index contributed by atoms with van der Waals surface area (Å²) in [6.45, 7) is 0.364. The monoisotopic (exact) mass is 270 g/mol. The first-order valence-electron chi connectivity index (χ1n) is 6.01. The van der Waals surface area contributed by atoms with E-state index in [4.69, 9.17) is 0 Å². The van der Waals surface area contributed by atoms with Gasteiger partial charge in [-0.15, -0.1) is 0 Å². The molecule has 0 atom stereocenters. The van der Waals surface area contributed by atoms with Gasteiger partial charge in [0.15, 0.2) is 0 Å². The first-order chi connectivity index (χ1) is 8.90. The highest BCUT2D eigenvalue weighted by molar-refractivity contribution is 5.66. The molecule has 1 aliphatic carbocycles. The number of rotatable bonds is 3. The lowest BCUT2D eigenvalue weighted by Gasteiger charge is -2.48. The van der Waals surface area contributed by atoms with E-state index in [2.05, 4.69) is 0 Å². The normalized spacial score (nSPS) is 21.1. The van der Waals surface area contributed by atoms with E-state index in [1.54, 1.807) is 0 Å². The second-order valence-electron chi connectivity index (χ2n) is 5.25. The molecule has 2 aliphatic rings. The van der Waals surface area contributed by atoms with Crippen LogP contribution in [-0.2, 0) is 0 Å². The summed E-state index contributed by atoms with van der Waals surface area (Å²) in [5.74, 6) is -1.84. The van der Waals surface area contributed by atoms with Gasteiger partial charge in [0.2, 0.25) is 5.82 Å². The molecule has 19 heavy (non-hydrogen) atoms. The summed E-state index contributed by atoms with van der Waals surface area (Å²) in [7, 11) is 0. The molecule has 0 aromatic heterocycles. The lowest BCUT2D eigenvalue weighted by Crippen LogP contribution is -2.63. The lowest BCUT2D eigenvalue weighted by atomic mass is 9.88. The Balaban J connectivity index is 1.91. The van der Waals surface area contributed by atoms with Gasteiger partial charge in [0, 0.05) is 25.2 Å². The van der Waals surface area contributed by atoms with Gasteiger partial charge < -0.3 is 10.0 Å². The topological polar surface area (TPSA) is 66.6 Å². The maximum absolute atomic E-state index is 13.5. The molecule has 0 spiro atoms. The highest BCUT2D eigenvalue weighted by Gasteiger charge is 2.53. The summed E-state index contributed by atoms with van der Waals surface area (Å²) in [5, 5.41) is 21.0. The summed E-state index contributed by atoms with van der Waals surface area (Å²) < 4.78 is 26.7. The van der Waals surface area contributed by atoms with Gasteiger partial charge in [0.05, 0.1) is 4.92 Å². The molecule has 1 aromatic rings. The van der Waals surface area contributed by atoms with Crippen LogP contribution < -0.4 is 4.90 Å². The molecule has 3 rings (SSSR count). The van der Waals surface area contributed by atoms with Crippen LogP contribution >= 0.6 is 0 Å². The molecule has 7 heteroatoms. The van der Waals surface area contributed by atoms with Crippen molar-refractivity contribution in [3.05, 3.63) is 33.9 Å². The molecule has 0 unspecified atom stereocenters. The van der Waals surface area contributed by atoms with Crippen molar-refractivity contribution in [1.82, 2.24) is 0 Å². The Bertz CT molecular complexity index is 554. The van der Waals surface area contributed by atoms with Crippen LogP contribution in [0.1, 0.15) is 12.8 Å². The number of benzene rings is 1. The fraction of sp³-hybridized carbons (Fsp3) is 0.500. The lowest BCUT2D eigenvalue weighted by molar-refractivity contribution is -0.386. The van der Waals surface area contributed by atoms with Crippen LogP contribution in [0.2, 0.25) is 0 Å². The van der Waals surface area contributed by atoms with Crippen molar-refractivity contribution >= 4 is 11.4 Å². The van der Waals surface area contributed by atoms with Gasteiger partial charge in [-0.1, -0.05) is 0 Å². The zero-order valence-electron chi connectivity index (χ0n) is 9.97. The van der Waals surface area contributed by atoms with E-state index in [1.165, 1.54) is 4.90 Å². The zero-order valence-corrected chi connectivity index (χ0v) is 9.97. The van der Waals surface area contributed by atoms with Crippen LogP contribution in [0.4, 0.5) is 20.2 Å². The Morgan fingerprint density at radius 2 is 2.00 bits per heavy atom. The summed E-state index contributed by atoms with van der Waals surface area (Å²) >= 11 is 0. The molecule has 1 N–H and O–H groups in total. The van der Waals surface area contributed by atoms with Crippen molar-refractivity contribution in [1.29, 1.82) is 0 Å². The quantitative estimate of drug-likeness (QED) is 0.672. The Morgan fingerprint density at radius 3 is 2.53 bits per heavy atom. The maximum atomic E-state index is 13.5. The molecule has 2 fully saturated rings. The smallest absolute Gasteiger partial charge is 0.328 e. The average Bonchev–Trinajstić information content (AvgIpc) is 3.06. The minimum absolute atomic E-state index is 0.104. The number of halogens is 2. The van der Waals surface area contributed by atoms with E-state index in [-0.39, 0.29) is 24.7 Å². The second-order valence-corrected chi connectivity index (χ2v) is 5.25. The summed E-state index contributed by atoms with van der Waals surface area (Å²) in [6.07, 6.45) is 1.87. The third-order valence-electron chi connectivity index (χ3n) is 3.80. The van der Waals surface area contributed by atoms with Crippen molar-refractivity contribution in [3.8, 4) is 0 Å². The van der Waals surface area contributed by atoms with Gasteiger partial charge in [-0.3, -0.25) is 10.1 Å². The Morgan fingerprint density at radius 1 is 1.37 bits per heavy atom. The molecule has 5 nitrogen and oxygen atoms in total. The van der Waals surface area contributed by atoms with Gasteiger partial charge in [0.1, 0.15) is 17.1 Å². The number of anilines is 1. The highest BCUT2D eigenvalue weighted by Crippen LogP contribution is 2.47. The number of nitrogens with zero attached hydrogens (tertiary/aromatic N) is 2. The van der Waals surface area contributed by atoms with Gasteiger partial charge in [-0.05, 0) is 18.8 Å². The fourth-order valence-corrected chi connectivity index (χ4v) is 2.64. The third-order valence-corrected chi connectivity index (χ3v) is 3.80. The van der Waals surface area contributed by atoms with Crippen molar-refractivity contribution in [2.24, 2.45) is 5.92 Å². The molecule has 1 saturated carbocycles. The number of hydrogen-bond acceptors (Lipinski definition) is 4. The standard InChI is InChI=1S/C12H12F2N2O3/c13-8-3-9(14)11(16(18)19)10(4-8)15-5-12(17,6-15)7-1-2-7/h3-4,7,17H,1-2,5-6H2. The van der Waals surface area contributed by atoms with E-state index >= 15 is 0 Å². The molecular weight excluding hydrogens is 258 g/mol. The first-order valence-corrected chi connectivity index (χ1v) is 6.01. The molecule has 1 aliphatic heterocycles. The van der Waals surface area contributed by atoms with Crippen LogP contribution in [0.5, 0.6) is 0 Å². The first kappa shape index (κ1) is 12.3.